The second-order valence-electron chi connectivity index (χ2n) is 3.77. The Morgan fingerprint density at radius 2 is 2.00 bits per heavy atom. The zero-order chi connectivity index (χ0) is 9.68. The molecule has 4 N–H and O–H groups in total. The van der Waals surface area contributed by atoms with Gasteiger partial charge in [-0.15, -0.1) is 0 Å². The molecule has 0 unspecified atom stereocenters. The molecule has 0 radical (unpaired) electrons. The number of nitrogens with two attached hydrogens (primary N) is 1. The highest BCUT2D eigenvalue weighted by Gasteiger charge is 2.18. The SMILES string of the molecule is NC(=O)CNCC1CCC(O)CC1. The number of carbonyl (C=O) groups is 1. The maximum Gasteiger partial charge on any atom is 0.231 e. The van der Waals surface area contributed by atoms with Crippen molar-refractivity contribution < 1.29 is 9.90 Å². The predicted molar refractivity (Wildman–Crippen MR) is 50.0 cm³/mol. The smallest absolute Gasteiger partial charge is 0.231 e. The first kappa shape index (κ1) is 10.5. The van der Waals surface area contributed by atoms with Crippen LogP contribution in [-0.2, 0) is 4.79 Å². The van der Waals surface area contributed by atoms with Gasteiger partial charge in [0.15, 0.2) is 0 Å². The van der Waals surface area contributed by atoms with Crippen molar-refractivity contribution in [1.82, 2.24) is 5.32 Å². The van der Waals surface area contributed by atoms with E-state index in [9.17, 15) is 9.90 Å². The first-order valence-electron chi connectivity index (χ1n) is 4.85. The van der Waals surface area contributed by atoms with Gasteiger partial charge in [-0.25, -0.2) is 0 Å². The lowest BCUT2D eigenvalue weighted by atomic mass is 9.87. The quantitative estimate of drug-likeness (QED) is 0.560. The Bertz CT molecular complexity index is 165. The van der Waals surface area contributed by atoms with Crippen molar-refractivity contribution in [2.24, 2.45) is 11.7 Å². The van der Waals surface area contributed by atoms with Crippen LogP contribution in [0.4, 0.5) is 0 Å². The van der Waals surface area contributed by atoms with Gasteiger partial charge in [0, 0.05) is 0 Å². The molecule has 1 fully saturated rings. The molecule has 0 aromatic rings. The van der Waals surface area contributed by atoms with Crippen molar-refractivity contribution in [3.63, 3.8) is 0 Å². The number of nitrogens with one attached hydrogen (secondary N) is 1. The molecule has 1 rings (SSSR count). The Morgan fingerprint density at radius 3 is 2.54 bits per heavy atom. The summed E-state index contributed by atoms with van der Waals surface area (Å²) in [6, 6.07) is 0. The van der Waals surface area contributed by atoms with E-state index in [1.807, 2.05) is 0 Å². The van der Waals surface area contributed by atoms with Crippen LogP contribution in [0.1, 0.15) is 25.7 Å². The highest BCUT2D eigenvalue weighted by molar-refractivity contribution is 5.75. The molecule has 0 heterocycles. The predicted octanol–water partition coefficient (Wildman–Crippen LogP) is -0.388. The maximum atomic E-state index is 10.4. The van der Waals surface area contributed by atoms with Crippen LogP contribution in [-0.4, -0.2) is 30.2 Å². The summed E-state index contributed by atoms with van der Waals surface area (Å²) in [6.45, 7) is 1.11. The van der Waals surface area contributed by atoms with Gasteiger partial charge in [0.1, 0.15) is 0 Å². The van der Waals surface area contributed by atoms with Crippen LogP contribution in [0.3, 0.4) is 0 Å². The van der Waals surface area contributed by atoms with Crippen LogP contribution in [0, 0.1) is 5.92 Å². The van der Waals surface area contributed by atoms with Gasteiger partial charge < -0.3 is 16.2 Å². The Kier molecular flexibility index (Phi) is 4.18. The summed E-state index contributed by atoms with van der Waals surface area (Å²) in [7, 11) is 0. The van der Waals surface area contributed by atoms with Gasteiger partial charge in [-0.1, -0.05) is 0 Å². The molecule has 4 heteroatoms. The molecule has 4 nitrogen and oxygen atoms in total. The fourth-order valence-corrected chi connectivity index (χ4v) is 1.75. The van der Waals surface area contributed by atoms with Gasteiger partial charge in [-0.2, -0.15) is 0 Å². The van der Waals surface area contributed by atoms with Crippen molar-refractivity contribution in [3.05, 3.63) is 0 Å². The Hall–Kier alpha value is -0.610. The number of rotatable bonds is 4. The van der Waals surface area contributed by atoms with E-state index in [-0.39, 0.29) is 18.6 Å². The van der Waals surface area contributed by atoms with E-state index in [0.717, 1.165) is 32.2 Å². The van der Waals surface area contributed by atoms with E-state index in [4.69, 9.17) is 5.73 Å². The lowest BCUT2D eigenvalue weighted by Gasteiger charge is -2.25. The highest BCUT2D eigenvalue weighted by Crippen LogP contribution is 2.23. The zero-order valence-corrected chi connectivity index (χ0v) is 7.83. The van der Waals surface area contributed by atoms with Crippen molar-refractivity contribution in [2.45, 2.75) is 31.8 Å². The molecule has 1 amide bonds. The Labute approximate surface area is 78.5 Å². The van der Waals surface area contributed by atoms with Crippen LogP contribution < -0.4 is 11.1 Å². The second-order valence-corrected chi connectivity index (χ2v) is 3.77. The summed E-state index contributed by atoms with van der Waals surface area (Å²) in [5.74, 6) is 0.290. The first-order valence-corrected chi connectivity index (χ1v) is 4.85. The lowest BCUT2D eigenvalue weighted by Crippen LogP contribution is -2.33. The molecule has 1 aliphatic carbocycles. The van der Waals surface area contributed by atoms with E-state index in [1.54, 1.807) is 0 Å². The van der Waals surface area contributed by atoms with Gasteiger partial charge in [0.25, 0.3) is 0 Å². The molecule has 0 spiro atoms. The molecule has 1 saturated carbocycles. The lowest BCUT2D eigenvalue weighted by molar-refractivity contribution is -0.117. The molecule has 13 heavy (non-hydrogen) atoms. The number of aliphatic hydroxyl groups excluding tert-OH is 1. The van der Waals surface area contributed by atoms with E-state index < -0.39 is 0 Å². The summed E-state index contributed by atoms with van der Waals surface area (Å²) in [5.41, 5.74) is 4.99. The van der Waals surface area contributed by atoms with Crippen LogP contribution in [0.15, 0.2) is 0 Å². The van der Waals surface area contributed by atoms with Gasteiger partial charge >= 0.3 is 0 Å². The normalized spacial score (nSPS) is 28.7. The summed E-state index contributed by atoms with van der Waals surface area (Å²) >= 11 is 0. The van der Waals surface area contributed by atoms with Crippen molar-refractivity contribution in [3.8, 4) is 0 Å². The topological polar surface area (TPSA) is 75.4 Å². The van der Waals surface area contributed by atoms with Gasteiger partial charge in [0.05, 0.1) is 12.6 Å². The average Bonchev–Trinajstić information content (AvgIpc) is 2.08. The fourth-order valence-electron chi connectivity index (χ4n) is 1.75. The third-order valence-electron chi connectivity index (χ3n) is 2.55. The van der Waals surface area contributed by atoms with E-state index in [1.165, 1.54) is 0 Å². The summed E-state index contributed by atoms with van der Waals surface area (Å²) < 4.78 is 0. The van der Waals surface area contributed by atoms with Crippen molar-refractivity contribution >= 4 is 5.91 Å². The Balaban J connectivity index is 2.05. The van der Waals surface area contributed by atoms with E-state index >= 15 is 0 Å². The fraction of sp³-hybridized carbons (Fsp3) is 0.889. The van der Waals surface area contributed by atoms with Crippen LogP contribution >= 0.6 is 0 Å². The summed E-state index contributed by atoms with van der Waals surface area (Å²) in [4.78, 5) is 10.4. The minimum atomic E-state index is -0.309. The zero-order valence-electron chi connectivity index (χ0n) is 7.83. The third-order valence-corrected chi connectivity index (χ3v) is 2.55. The monoisotopic (exact) mass is 186 g/mol. The number of primary amides is 1. The number of carbonyl (C=O) groups excluding carboxylic acids is 1. The van der Waals surface area contributed by atoms with E-state index in [2.05, 4.69) is 5.32 Å². The maximum absolute atomic E-state index is 10.4. The number of amides is 1. The van der Waals surface area contributed by atoms with Crippen LogP contribution in [0.2, 0.25) is 0 Å². The molecular formula is C9H18N2O2. The molecular weight excluding hydrogens is 168 g/mol. The molecule has 0 bridgehead atoms. The molecule has 0 aromatic carbocycles. The first-order chi connectivity index (χ1) is 6.18. The number of hydrogen-bond acceptors (Lipinski definition) is 3. The average molecular weight is 186 g/mol. The molecule has 1 aliphatic rings. The minimum Gasteiger partial charge on any atom is -0.393 e. The molecule has 0 atom stereocenters. The molecule has 76 valence electrons. The van der Waals surface area contributed by atoms with Crippen molar-refractivity contribution in [1.29, 1.82) is 0 Å². The van der Waals surface area contributed by atoms with Gasteiger partial charge in [-0.3, -0.25) is 4.79 Å². The Morgan fingerprint density at radius 1 is 1.38 bits per heavy atom. The standard InChI is InChI=1S/C9H18N2O2/c10-9(13)6-11-5-7-1-3-8(12)4-2-7/h7-8,11-12H,1-6H2,(H2,10,13). The largest absolute Gasteiger partial charge is 0.393 e. The molecule has 0 aliphatic heterocycles. The number of aliphatic hydroxyl groups is 1. The summed E-state index contributed by atoms with van der Waals surface area (Å²) in [5, 5.41) is 12.3. The van der Waals surface area contributed by atoms with Crippen LogP contribution in [0.25, 0.3) is 0 Å². The van der Waals surface area contributed by atoms with Crippen LogP contribution in [0.5, 0.6) is 0 Å². The van der Waals surface area contributed by atoms with E-state index in [0.29, 0.717) is 5.92 Å². The minimum absolute atomic E-state index is 0.104. The number of hydrogen-bond donors (Lipinski definition) is 3. The van der Waals surface area contributed by atoms with Gasteiger partial charge in [-0.05, 0) is 38.1 Å². The van der Waals surface area contributed by atoms with Gasteiger partial charge in [0.2, 0.25) is 5.91 Å². The van der Waals surface area contributed by atoms with Crippen molar-refractivity contribution in [2.75, 3.05) is 13.1 Å². The highest BCUT2D eigenvalue weighted by atomic mass is 16.3. The third kappa shape index (κ3) is 4.24. The molecule has 0 aromatic heterocycles. The summed E-state index contributed by atoms with van der Waals surface area (Å²) in [6.07, 6.45) is 3.78. The molecule has 0 saturated heterocycles. The second kappa shape index (κ2) is 5.19.